The highest BCUT2D eigenvalue weighted by molar-refractivity contribution is 6.25. The van der Waals surface area contributed by atoms with Crippen molar-refractivity contribution in [2.75, 3.05) is 31.2 Å². The lowest BCUT2D eigenvalue weighted by molar-refractivity contribution is 0.122. The quantitative estimate of drug-likeness (QED) is 0.186. The number of hydrogen-bond donors (Lipinski definition) is 0. The summed E-state index contributed by atoms with van der Waals surface area (Å²) in [5, 5.41) is 4.80. The molecular weight excluding hydrogens is 625 g/mol. The number of rotatable bonds is 4. The zero-order valence-corrected chi connectivity index (χ0v) is 30.3. The van der Waals surface area contributed by atoms with Crippen molar-refractivity contribution in [1.29, 1.82) is 0 Å². The second kappa shape index (κ2) is 13.1. The summed E-state index contributed by atoms with van der Waals surface area (Å²) in [4.78, 5) is 2.40. The van der Waals surface area contributed by atoms with Gasteiger partial charge in [0.2, 0.25) is 0 Å². The van der Waals surface area contributed by atoms with Gasteiger partial charge >= 0.3 is 0 Å². The third-order valence-electron chi connectivity index (χ3n) is 10.4. The fourth-order valence-electron chi connectivity index (χ4n) is 7.86. The monoisotopic (exact) mass is 670 g/mol. The van der Waals surface area contributed by atoms with E-state index in [2.05, 4.69) is 170 Å². The summed E-state index contributed by atoms with van der Waals surface area (Å²) < 4.78 is 15.6. The summed E-state index contributed by atoms with van der Waals surface area (Å²) in [7, 11) is 0. The molecule has 0 amide bonds. The Kier molecular flexibility index (Phi) is 8.44. The van der Waals surface area contributed by atoms with Gasteiger partial charge in [0.25, 0.3) is 0 Å². The molecule has 6 aromatic carbocycles. The van der Waals surface area contributed by atoms with Crippen molar-refractivity contribution in [3.05, 3.63) is 156 Å². The van der Waals surface area contributed by atoms with Crippen LogP contribution < -0.4 is 9.64 Å². The Labute approximate surface area is 301 Å². The summed E-state index contributed by atoms with van der Waals surface area (Å²) >= 11 is 0. The Bertz CT molecular complexity index is 2370. The largest absolute Gasteiger partial charge is 0.472 e. The lowest BCUT2D eigenvalue weighted by Gasteiger charge is -2.37. The standard InChI is InChI=1S/C45H40N2O2.C2H6/c1-44(2,3)33-14-11-15-35(30-33)47-40-19-10-9-18-38(40)41-36-16-7-8-17-37(36)43-39(42(41)47)24-25-45(49-43,31-12-5-4-6-13-31)32-20-22-34(23-21-32)46-26-28-48-29-27-46;1-2/h4-25,30H,26-29H2,1-3H3;1-2H3. The number of fused-ring (bicyclic) bond motifs is 8. The molecule has 3 heterocycles. The van der Waals surface area contributed by atoms with Crippen LogP contribution in [0.15, 0.2) is 133 Å². The molecule has 0 N–H and O–H groups in total. The topological polar surface area (TPSA) is 26.6 Å². The molecule has 4 nitrogen and oxygen atoms in total. The maximum atomic E-state index is 7.53. The molecule has 1 aromatic heterocycles. The minimum absolute atomic E-state index is 0.0243. The van der Waals surface area contributed by atoms with Crippen LogP contribution in [0.1, 0.15) is 56.9 Å². The second-order valence-corrected chi connectivity index (χ2v) is 14.3. The number of nitrogens with zero attached hydrogens (tertiary/aromatic N) is 2. The van der Waals surface area contributed by atoms with Gasteiger partial charge in [0.1, 0.15) is 5.75 Å². The smallest absolute Gasteiger partial charge is 0.178 e. The van der Waals surface area contributed by atoms with E-state index in [1.54, 1.807) is 0 Å². The van der Waals surface area contributed by atoms with E-state index in [0.717, 1.165) is 59.8 Å². The molecule has 0 saturated carbocycles. The Balaban J connectivity index is 0.00000184. The van der Waals surface area contributed by atoms with E-state index in [1.807, 2.05) is 13.8 Å². The van der Waals surface area contributed by atoms with Crippen LogP contribution in [0.5, 0.6) is 5.75 Å². The van der Waals surface area contributed by atoms with E-state index in [4.69, 9.17) is 9.47 Å². The first-order chi connectivity index (χ1) is 24.9. The second-order valence-electron chi connectivity index (χ2n) is 14.3. The average molecular weight is 671 g/mol. The third-order valence-corrected chi connectivity index (χ3v) is 10.4. The summed E-state index contributed by atoms with van der Waals surface area (Å²) in [5.74, 6) is 0.905. The van der Waals surface area contributed by atoms with E-state index in [-0.39, 0.29) is 5.41 Å². The number of morpholine rings is 1. The summed E-state index contributed by atoms with van der Waals surface area (Å²) in [6.45, 7) is 14.2. The fraction of sp³-hybridized carbons (Fsp3) is 0.234. The van der Waals surface area contributed by atoms with Crippen molar-refractivity contribution in [1.82, 2.24) is 4.57 Å². The molecule has 0 aliphatic carbocycles. The predicted molar refractivity (Wildman–Crippen MR) is 215 cm³/mol. The Morgan fingerprint density at radius 3 is 2.00 bits per heavy atom. The number of para-hydroxylation sites is 1. The molecule has 9 rings (SSSR count). The van der Waals surface area contributed by atoms with Crippen molar-refractivity contribution in [2.24, 2.45) is 0 Å². The molecule has 1 unspecified atom stereocenters. The van der Waals surface area contributed by atoms with Gasteiger partial charge in [-0.3, -0.25) is 0 Å². The van der Waals surface area contributed by atoms with Gasteiger partial charge in [-0.25, -0.2) is 0 Å². The number of hydrogen-bond acceptors (Lipinski definition) is 3. The van der Waals surface area contributed by atoms with Crippen LogP contribution in [0.2, 0.25) is 0 Å². The lowest BCUT2D eigenvalue weighted by atomic mass is 9.82. The Morgan fingerprint density at radius 1 is 0.627 bits per heavy atom. The van der Waals surface area contributed by atoms with E-state index in [9.17, 15) is 0 Å². The molecular formula is C47H46N2O2. The van der Waals surface area contributed by atoms with Gasteiger partial charge in [-0.2, -0.15) is 0 Å². The molecule has 2 aliphatic rings. The van der Waals surface area contributed by atoms with E-state index < -0.39 is 5.60 Å². The first kappa shape index (κ1) is 32.9. The zero-order valence-electron chi connectivity index (χ0n) is 30.3. The van der Waals surface area contributed by atoms with Gasteiger partial charge in [0.15, 0.2) is 5.60 Å². The van der Waals surface area contributed by atoms with Crippen LogP contribution in [0.4, 0.5) is 5.69 Å². The molecule has 0 spiro atoms. The van der Waals surface area contributed by atoms with Crippen molar-refractivity contribution < 1.29 is 9.47 Å². The highest BCUT2D eigenvalue weighted by atomic mass is 16.5. The van der Waals surface area contributed by atoms with E-state index in [0.29, 0.717) is 0 Å². The van der Waals surface area contributed by atoms with Crippen molar-refractivity contribution in [3.63, 3.8) is 0 Å². The fourth-order valence-corrected chi connectivity index (χ4v) is 7.86. The van der Waals surface area contributed by atoms with Crippen molar-refractivity contribution in [2.45, 2.75) is 45.6 Å². The van der Waals surface area contributed by atoms with Gasteiger partial charge in [-0.05, 0) is 58.8 Å². The highest BCUT2D eigenvalue weighted by Gasteiger charge is 2.39. The van der Waals surface area contributed by atoms with E-state index in [1.165, 1.54) is 38.4 Å². The highest BCUT2D eigenvalue weighted by Crippen LogP contribution is 2.51. The van der Waals surface area contributed by atoms with Gasteiger partial charge in [-0.15, -0.1) is 0 Å². The van der Waals surface area contributed by atoms with Crippen LogP contribution in [-0.4, -0.2) is 30.9 Å². The molecule has 256 valence electrons. The zero-order chi connectivity index (χ0) is 35.2. The normalized spacial score (nSPS) is 17.2. The van der Waals surface area contributed by atoms with Gasteiger partial charge in [0.05, 0.1) is 24.2 Å². The number of anilines is 1. The SMILES string of the molecule is CC.CC(C)(C)c1cccc(-n2c3ccccc3c3c4ccccc4c4c(c32)C=CC(c2ccccc2)(c2ccc(N3CCOCC3)cc2)O4)c1. The Morgan fingerprint density at radius 2 is 1.27 bits per heavy atom. The van der Waals surface area contributed by atoms with Gasteiger partial charge in [-0.1, -0.05) is 132 Å². The molecule has 1 fully saturated rings. The first-order valence-corrected chi connectivity index (χ1v) is 18.4. The maximum Gasteiger partial charge on any atom is 0.178 e. The van der Waals surface area contributed by atoms with Crippen LogP contribution >= 0.6 is 0 Å². The van der Waals surface area contributed by atoms with Crippen LogP contribution in [-0.2, 0) is 15.8 Å². The minimum atomic E-state index is -0.808. The van der Waals surface area contributed by atoms with Gasteiger partial charge in [0, 0.05) is 57.3 Å². The molecule has 1 atom stereocenters. The van der Waals surface area contributed by atoms with Crippen molar-refractivity contribution >= 4 is 44.3 Å². The lowest BCUT2D eigenvalue weighted by Crippen LogP contribution is -2.36. The minimum Gasteiger partial charge on any atom is -0.472 e. The number of benzene rings is 6. The summed E-state index contributed by atoms with van der Waals surface area (Å²) in [6, 6.07) is 46.2. The third kappa shape index (κ3) is 5.50. The molecule has 0 bridgehead atoms. The number of aromatic nitrogens is 1. The van der Waals surface area contributed by atoms with Crippen LogP contribution in [0, 0.1) is 0 Å². The molecule has 51 heavy (non-hydrogen) atoms. The number of ether oxygens (including phenoxy) is 2. The molecule has 2 aliphatic heterocycles. The average Bonchev–Trinajstić information content (AvgIpc) is 3.55. The molecule has 0 radical (unpaired) electrons. The first-order valence-electron chi connectivity index (χ1n) is 18.4. The van der Waals surface area contributed by atoms with Crippen LogP contribution in [0.25, 0.3) is 44.3 Å². The van der Waals surface area contributed by atoms with Crippen LogP contribution in [0.3, 0.4) is 0 Å². The Hall–Kier alpha value is -5.32. The summed E-state index contributed by atoms with van der Waals surface area (Å²) in [6.07, 6.45) is 4.59. The molecule has 4 heteroatoms. The molecule has 7 aromatic rings. The predicted octanol–water partition coefficient (Wildman–Crippen LogP) is 11.4. The van der Waals surface area contributed by atoms with E-state index >= 15 is 0 Å². The van der Waals surface area contributed by atoms with Crippen molar-refractivity contribution in [3.8, 4) is 11.4 Å². The molecule has 1 saturated heterocycles. The maximum absolute atomic E-state index is 7.53. The summed E-state index contributed by atoms with van der Waals surface area (Å²) in [5.41, 5.74) is 8.54. The van der Waals surface area contributed by atoms with Gasteiger partial charge < -0.3 is 18.9 Å².